The predicted octanol–water partition coefficient (Wildman–Crippen LogP) is 0.394. The van der Waals surface area contributed by atoms with Crippen molar-refractivity contribution >= 4 is 22.5 Å². The minimum atomic E-state index is -1.06. The maximum atomic E-state index is 11.0. The molecule has 0 saturated carbocycles. The average molecular weight is 222 g/mol. The van der Waals surface area contributed by atoms with Crippen molar-refractivity contribution in [3.05, 3.63) is 33.0 Å². The highest BCUT2D eigenvalue weighted by atomic mass is 16.5. The number of nitrogens with two attached hydrogens (primary N) is 1. The third-order valence-electron chi connectivity index (χ3n) is 2.18. The van der Waals surface area contributed by atoms with Gasteiger partial charge in [-0.3, -0.25) is 0 Å². The molecule has 0 fully saturated rings. The molecule has 0 aliphatic carbocycles. The van der Waals surface area contributed by atoms with Gasteiger partial charge in [-0.2, -0.15) is 0 Å². The third kappa shape index (κ3) is 1.44. The molecule has 0 radical (unpaired) electrons. The van der Waals surface area contributed by atoms with Crippen molar-refractivity contribution in [2.24, 2.45) is 0 Å². The van der Waals surface area contributed by atoms with Gasteiger partial charge in [-0.25, -0.2) is 9.59 Å². The molecule has 1 heterocycles. The van der Waals surface area contributed by atoms with Crippen LogP contribution in [0.2, 0.25) is 0 Å². The minimum Gasteiger partial charge on any atom is -0.414 e. The first-order chi connectivity index (χ1) is 7.50. The van der Waals surface area contributed by atoms with Crippen molar-refractivity contribution in [2.75, 3.05) is 24.7 Å². The molecule has 2 aromatic rings. The normalized spacial score (nSPS) is 10.6. The second-order valence-corrected chi connectivity index (χ2v) is 3.50. The predicted molar refractivity (Wildman–Crippen MR) is 59.8 cm³/mol. The second-order valence-electron chi connectivity index (χ2n) is 3.50. The maximum Gasteiger partial charge on any atom is 0.423 e. The molecule has 0 bridgehead atoms. The number of fused-ring (bicyclic) bond motifs is 1. The number of hydrogen-bond acceptors (Lipinski definition) is 6. The maximum absolute atomic E-state index is 11.0. The summed E-state index contributed by atoms with van der Waals surface area (Å²) in [5.41, 5.74) is 4.91. The first-order valence-electron chi connectivity index (χ1n) is 4.54. The monoisotopic (exact) mass is 222 g/mol. The van der Waals surface area contributed by atoms with E-state index >= 15 is 0 Å². The second kappa shape index (κ2) is 3.41. The van der Waals surface area contributed by atoms with E-state index in [0.717, 1.165) is 0 Å². The van der Waals surface area contributed by atoms with Crippen LogP contribution in [0.3, 0.4) is 0 Å². The summed E-state index contributed by atoms with van der Waals surface area (Å²) in [6.07, 6.45) is 0. The zero-order valence-corrected chi connectivity index (χ0v) is 8.81. The largest absolute Gasteiger partial charge is 0.423 e. The van der Waals surface area contributed by atoms with Crippen molar-refractivity contribution in [2.45, 2.75) is 0 Å². The number of anilines is 2. The fourth-order valence-corrected chi connectivity index (χ4v) is 1.42. The van der Waals surface area contributed by atoms with Gasteiger partial charge < -0.3 is 19.5 Å². The van der Waals surface area contributed by atoms with Gasteiger partial charge in [-0.1, -0.05) is 0 Å². The van der Waals surface area contributed by atoms with Gasteiger partial charge in [0.2, 0.25) is 0 Å². The Morgan fingerprint density at radius 2 is 1.75 bits per heavy atom. The Bertz CT molecular complexity index is 654. The molecule has 2 rings (SSSR count). The summed E-state index contributed by atoms with van der Waals surface area (Å²) in [5, 5.41) is 0. The summed E-state index contributed by atoms with van der Waals surface area (Å²) in [6, 6.07) is 3.21. The molecule has 1 aromatic carbocycles. The van der Waals surface area contributed by atoms with Crippen LogP contribution in [0, 0.1) is 0 Å². The lowest BCUT2D eigenvalue weighted by molar-refractivity contribution is 0.449. The van der Waals surface area contributed by atoms with Crippen molar-refractivity contribution in [3.63, 3.8) is 0 Å². The van der Waals surface area contributed by atoms with Crippen LogP contribution in [0.4, 0.5) is 11.4 Å². The van der Waals surface area contributed by atoms with E-state index in [1.54, 1.807) is 25.1 Å². The van der Waals surface area contributed by atoms with Gasteiger partial charge in [0, 0.05) is 14.1 Å². The Kier molecular flexibility index (Phi) is 2.19. The lowest BCUT2D eigenvalue weighted by Crippen LogP contribution is -2.21. The molecule has 84 valence electrons. The van der Waals surface area contributed by atoms with Gasteiger partial charge in [0.25, 0.3) is 0 Å². The van der Waals surface area contributed by atoms with Crippen LogP contribution >= 0.6 is 0 Å². The summed E-state index contributed by atoms with van der Waals surface area (Å²) in [6.45, 7) is 0. The molecule has 6 heteroatoms. The van der Waals surface area contributed by atoms with Gasteiger partial charge in [0.15, 0.2) is 11.2 Å². The van der Waals surface area contributed by atoms with Crippen molar-refractivity contribution in [1.29, 1.82) is 0 Å². The Morgan fingerprint density at radius 3 is 2.38 bits per heavy atom. The number of hydrogen-bond donors (Lipinski definition) is 1. The van der Waals surface area contributed by atoms with E-state index in [9.17, 15) is 9.59 Å². The molecule has 0 amide bonds. The van der Waals surface area contributed by atoms with Gasteiger partial charge >= 0.3 is 11.3 Å². The van der Waals surface area contributed by atoms with Crippen molar-refractivity contribution in [1.82, 2.24) is 0 Å². The van der Waals surface area contributed by atoms with E-state index < -0.39 is 11.3 Å². The summed E-state index contributed by atoms with van der Waals surface area (Å²) in [4.78, 5) is 23.7. The summed E-state index contributed by atoms with van der Waals surface area (Å²) in [5.74, 6) is 0. The topological polar surface area (TPSA) is 89.7 Å². The molecule has 16 heavy (non-hydrogen) atoms. The van der Waals surface area contributed by atoms with Gasteiger partial charge in [-0.15, -0.1) is 0 Å². The highest BCUT2D eigenvalue weighted by molar-refractivity contribution is 5.91. The average Bonchev–Trinajstić information content (AvgIpc) is 2.21. The van der Waals surface area contributed by atoms with Gasteiger partial charge in [0.1, 0.15) is 5.69 Å². The van der Waals surface area contributed by atoms with Crippen LogP contribution in [0.5, 0.6) is 0 Å². The first-order valence-corrected chi connectivity index (χ1v) is 4.54. The number of benzene rings is 1. The Balaban J connectivity index is 2.89. The van der Waals surface area contributed by atoms with E-state index in [1.807, 2.05) is 0 Å². The van der Waals surface area contributed by atoms with E-state index in [4.69, 9.17) is 14.6 Å². The number of nitrogens with zero attached hydrogens (tertiary/aromatic N) is 1. The molecule has 0 spiro atoms. The van der Waals surface area contributed by atoms with E-state index in [-0.39, 0.29) is 16.9 Å². The van der Waals surface area contributed by atoms with Gasteiger partial charge in [-0.05, 0) is 12.1 Å². The summed E-state index contributed by atoms with van der Waals surface area (Å²) in [7, 11) is 3.60. The van der Waals surface area contributed by atoms with E-state index in [2.05, 4.69) is 0 Å². The Morgan fingerprint density at radius 1 is 1.12 bits per heavy atom. The molecular weight excluding hydrogens is 212 g/mol. The fourth-order valence-electron chi connectivity index (χ4n) is 1.42. The molecule has 1 aromatic heterocycles. The first kappa shape index (κ1) is 10.3. The molecule has 0 aliphatic rings. The van der Waals surface area contributed by atoms with Crippen LogP contribution in [0.1, 0.15) is 0 Å². The van der Waals surface area contributed by atoms with Crippen LogP contribution in [-0.2, 0) is 0 Å². The smallest absolute Gasteiger partial charge is 0.414 e. The lowest BCUT2D eigenvalue weighted by Gasteiger charge is -2.14. The van der Waals surface area contributed by atoms with Crippen LogP contribution in [0.25, 0.3) is 11.2 Å². The fraction of sp³-hybridized carbons (Fsp3) is 0.200. The number of rotatable bonds is 1. The minimum absolute atomic E-state index is 0.0933. The molecule has 6 nitrogen and oxygen atoms in total. The van der Waals surface area contributed by atoms with Crippen LogP contribution < -0.4 is 21.9 Å². The molecule has 0 aliphatic heterocycles. The molecule has 0 saturated heterocycles. The molecule has 0 unspecified atom stereocenters. The number of nitrogen functional groups attached to an aromatic ring is 1. The van der Waals surface area contributed by atoms with Crippen molar-refractivity contribution in [3.8, 4) is 0 Å². The van der Waals surface area contributed by atoms with E-state index in [0.29, 0.717) is 5.69 Å². The van der Waals surface area contributed by atoms with Crippen LogP contribution in [-0.4, -0.2) is 14.1 Å². The summed E-state index contributed by atoms with van der Waals surface area (Å²) < 4.78 is 9.55. The molecule has 0 atom stereocenters. The Labute approximate surface area is 89.9 Å². The zero-order chi connectivity index (χ0) is 11.9. The highest BCUT2D eigenvalue weighted by Gasteiger charge is 2.12. The SMILES string of the molecule is CN(C)c1ccc2oc(=O)c(=O)oc2c1N. The highest BCUT2D eigenvalue weighted by Crippen LogP contribution is 2.28. The molecular formula is C10H10N2O4. The van der Waals surface area contributed by atoms with Gasteiger partial charge in [0.05, 0.1) is 5.69 Å². The zero-order valence-electron chi connectivity index (χ0n) is 8.81. The summed E-state index contributed by atoms with van der Waals surface area (Å²) >= 11 is 0. The standard InChI is InChI=1S/C10H10N2O4/c1-12(2)5-3-4-6-8(7(5)11)16-10(14)9(13)15-6/h3-4H,11H2,1-2H3. The third-order valence-corrected chi connectivity index (χ3v) is 2.18. The van der Waals surface area contributed by atoms with E-state index in [1.165, 1.54) is 6.07 Å². The molecule has 2 N–H and O–H groups in total. The lowest BCUT2D eigenvalue weighted by atomic mass is 10.2. The van der Waals surface area contributed by atoms with Crippen molar-refractivity contribution < 1.29 is 8.83 Å². The quantitative estimate of drug-likeness (QED) is 0.554. The van der Waals surface area contributed by atoms with Crippen LogP contribution in [0.15, 0.2) is 30.6 Å². The Hall–Kier alpha value is -2.24.